The molecule has 0 fully saturated rings. The fourth-order valence-corrected chi connectivity index (χ4v) is 1.32. The van der Waals surface area contributed by atoms with E-state index < -0.39 is 0 Å². The predicted octanol–water partition coefficient (Wildman–Crippen LogP) is 4.16. The van der Waals surface area contributed by atoms with Gasteiger partial charge in [-0.25, -0.2) is 0 Å². The molecule has 0 rings (SSSR count). The average molecular weight is 270 g/mol. The van der Waals surface area contributed by atoms with Crippen molar-refractivity contribution in [3.63, 3.8) is 0 Å². The molecule has 0 aromatic rings. The number of rotatable bonds is 12. The molecule has 0 spiro atoms. The highest BCUT2D eigenvalue weighted by molar-refractivity contribution is 4.93. The molecule has 0 aromatic carbocycles. The molecule has 19 heavy (non-hydrogen) atoms. The Labute approximate surface area is 118 Å². The summed E-state index contributed by atoms with van der Waals surface area (Å²) in [6.07, 6.45) is 1.41. The molecule has 0 unspecified atom stereocenters. The second kappa shape index (κ2) is 11.1. The third kappa shape index (κ3) is 13.4. The molecule has 0 aromatic heterocycles. The van der Waals surface area contributed by atoms with E-state index >= 15 is 0 Å². The predicted molar refractivity (Wildman–Crippen MR) is 79.9 cm³/mol. The summed E-state index contributed by atoms with van der Waals surface area (Å²) in [5.41, 5.74) is 0. The highest BCUT2D eigenvalue weighted by Gasteiger charge is 2.02. The highest BCUT2D eigenvalue weighted by Crippen LogP contribution is 2.10. The SMILES string of the molecule is C=C(CCOCC(C)C)OC(=C)CCOCC(C)C. The molecule has 0 amide bonds. The van der Waals surface area contributed by atoms with Crippen molar-refractivity contribution >= 4 is 0 Å². The lowest BCUT2D eigenvalue weighted by atomic mass is 10.2. The summed E-state index contributed by atoms with van der Waals surface area (Å²) < 4.78 is 16.5. The van der Waals surface area contributed by atoms with Gasteiger partial charge in [0.05, 0.1) is 24.7 Å². The average Bonchev–Trinajstić information content (AvgIpc) is 2.30. The summed E-state index contributed by atoms with van der Waals surface area (Å²) in [4.78, 5) is 0. The van der Waals surface area contributed by atoms with Crippen LogP contribution in [0.1, 0.15) is 40.5 Å². The van der Waals surface area contributed by atoms with Gasteiger partial charge in [0, 0.05) is 26.1 Å². The molecule has 3 nitrogen and oxygen atoms in total. The molecule has 0 saturated carbocycles. The molecule has 0 aliphatic heterocycles. The number of hydrogen-bond donors (Lipinski definition) is 0. The Kier molecular flexibility index (Phi) is 10.6. The van der Waals surface area contributed by atoms with Crippen molar-refractivity contribution in [2.45, 2.75) is 40.5 Å². The van der Waals surface area contributed by atoms with Gasteiger partial charge in [0.1, 0.15) is 0 Å². The first-order valence-corrected chi connectivity index (χ1v) is 7.10. The summed E-state index contributed by atoms with van der Waals surface area (Å²) in [6.45, 7) is 19.1. The van der Waals surface area contributed by atoms with Crippen LogP contribution in [0.15, 0.2) is 24.7 Å². The Bertz CT molecular complexity index is 231. The van der Waals surface area contributed by atoms with Crippen molar-refractivity contribution in [1.29, 1.82) is 0 Å². The first-order chi connectivity index (χ1) is 8.91. The zero-order valence-electron chi connectivity index (χ0n) is 13.0. The monoisotopic (exact) mass is 270 g/mol. The molecule has 0 atom stereocenters. The summed E-state index contributed by atoms with van der Waals surface area (Å²) in [6, 6.07) is 0. The van der Waals surface area contributed by atoms with E-state index in [4.69, 9.17) is 14.2 Å². The Morgan fingerprint density at radius 1 is 0.789 bits per heavy atom. The minimum absolute atomic E-state index is 0.558. The minimum atomic E-state index is 0.558. The highest BCUT2D eigenvalue weighted by atomic mass is 16.5. The van der Waals surface area contributed by atoms with Gasteiger partial charge in [0.15, 0.2) is 0 Å². The van der Waals surface area contributed by atoms with Crippen LogP contribution < -0.4 is 0 Å². The third-order valence-corrected chi connectivity index (χ3v) is 2.24. The second-order valence-corrected chi connectivity index (χ2v) is 5.62. The Balaban J connectivity index is 3.50. The van der Waals surface area contributed by atoms with Crippen LogP contribution in [0.3, 0.4) is 0 Å². The molecule has 0 N–H and O–H groups in total. The van der Waals surface area contributed by atoms with Gasteiger partial charge >= 0.3 is 0 Å². The lowest BCUT2D eigenvalue weighted by Crippen LogP contribution is -2.06. The Hall–Kier alpha value is -0.800. The van der Waals surface area contributed by atoms with E-state index in [1.165, 1.54) is 0 Å². The van der Waals surface area contributed by atoms with Crippen molar-refractivity contribution in [1.82, 2.24) is 0 Å². The quantitative estimate of drug-likeness (QED) is 0.394. The van der Waals surface area contributed by atoms with Crippen molar-refractivity contribution < 1.29 is 14.2 Å². The van der Waals surface area contributed by atoms with Gasteiger partial charge in [0.25, 0.3) is 0 Å². The lowest BCUT2D eigenvalue weighted by Gasteiger charge is -2.13. The van der Waals surface area contributed by atoms with E-state index in [0.717, 1.165) is 13.2 Å². The zero-order valence-corrected chi connectivity index (χ0v) is 13.0. The van der Waals surface area contributed by atoms with Gasteiger partial charge in [-0.05, 0) is 11.8 Å². The minimum Gasteiger partial charge on any atom is -0.467 e. The van der Waals surface area contributed by atoms with Crippen LogP contribution in [0.4, 0.5) is 0 Å². The summed E-state index contributed by atoms with van der Waals surface area (Å²) in [5, 5.41) is 0. The zero-order chi connectivity index (χ0) is 14.7. The summed E-state index contributed by atoms with van der Waals surface area (Å²) in [7, 11) is 0. The van der Waals surface area contributed by atoms with Crippen LogP contribution in [-0.2, 0) is 14.2 Å². The van der Waals surface area contributed by atoms with E-state index in [-0.39, 0.29) is 0 Å². The summed E-state index contributed by atoms with van der Waals surface area (Å²) >= 11 is 0. The topological polar surface area (TPSA) is 27.7 Å². The standard InChI is InChI=1S/C16H30O3/c1-13(2)11-17-9-7-15(5)19-16(6)8-10-18-12-14(3)4/h13-14H,5-12H2,1-4H3. The smallest absolute Gasteiger partial charge is 0.0987 e. The van der Waals surface area contributed by atoms with Crippen LogP contribution in [0.2, 0.25) is 0 Å². The second-order valence-electron chi connectivity index (χ2n) is 5.62. The van der Waals surface area contributed by atoms with Crippen LogP contribution in [0, 0.1) is 11.8 Å². The molecule has 0 radical (unpaired) electrons. The van der Waals surface area contributed by atoms with Crippen molar-refractivity contribution in [2.75, 3.05) is 26.4 Å². The van der Waals surface area contributed by atoms with E-state index in [0.29, 0.717) is 49.4 Å². The van der Waals surface area contributed by atoms with Gasteiger partial charge in [0.2, 0.25) is 0 Å². The number of ether oxygens (including phenoxy) is 3. The van der Waals surface area contributed by atoms with Crippen LogP contribution in [0.5, 0.6) is 0 Å². The number of hydrogen-bond acceptors (Lipinski definition) is 3. The first kappa shape index (κ1) is 18.2. The molecular weight excluding hydrogens is 240 g/mol. The van der Waals surface area contributed by atoms with E-state index in [1.807, 2.05) is 0 Å². The van der Waals surface area contributed by atoms with Gasteiger partial charge < -0.3 is 14.2 Å². The fraction of sp³-hybridized carbons (Fsp3) is 0.750. The molecule has 112 valence electrons. The molecule has 3 heteroatoms. The maximum absolute atomic E-state index is 5.52. The van der Waals surface area contributed by atoms with E-state index in [1.54, 1.807) is 0 Å². The Morgan fingerprint density at radius 2 is 1.16 bits per heavy atom. The van der Waals surface area contributed by atoms with Crippen molar-refractivity contribution in [3.8, 4) is 0 Å². The lowest BCUT2D eigenvalue weighted by molar-refractivity contribution is 0.0946. The molecular formula is C16H30O3. The first-order valence-electron chi connectivity index (χ1n) is 7.10. The molecule has 0 aliphatic carbocycles. The molecule has 0 bridgehead atoms. The molecule has 0 heterocycles. The normalized spacial score (nSPS) is 11.1. The summed E-state index contributed by atoms with van der Waals surface area (Å²) in [5.74, 6) is 2.53. The molecule has 0 aliphatic rings. The van der Waals surface area contributed by atoms with Gasteiger partial charge in [-0.1, -0.05) is 40.9 Å². The third-order valence-electron chi connectivity index (χ3n) is 2.24. The van der Waals surface area contributed by atoms with Crippen molar-refractivity contribution in [3.05, 3.63) is 24.7 Å². The largest absolute Gasteiger partial charge is 0.467 e. The Morgan fingerprint density at radius 3 is 1.47 bits per heavy atom. The molecule has 0 saturated heterocycles. The van der Waals surface area contributed by atoms with Gasteiger partial charge in [-0.2, -0.15) is 0 Å². The van der Waals surface area contributed by atoms with E-state index in [9.17, 15) is 0 Å². The van der Waals surface area contributed by atoms with Crippen LogP contribution >= 0.6 is 0 Å². The van der Waals surface area contributed by atoms with Gasteiger partial charge in [-0.15, -0.1) is 0 Å². The fourth-order valence-electron chi connectivity index (χ4n) is 1.32. The maximum atomic E-state index is 5.52. The van der Waals surface area contributed by atoms with Gasteiger partial charge in [-0.3, -0.25) is 0 Å². The van der Waals surface area contributed by atoms with Crippen molar-refractivity contribution in [2.24, 2.45) is 11.8 Å². The van der Waals surface area contributed by atoms with Crippen LogP contribution in [-0.4, -0.2) is 26.4 Å². The van der Waals surface area contributed by atoms with E-state index in [2.05, 4.69) is 40.9 Å². The maximum Gasteiger partial charge on any atom is 0.0987 e. The van der Waals surface area contributed by atoms with Crippen LogP contribution in [0.25, 0.3) is 0 Å².